The molecule has 4 rings (SSSR count). The largest absolute Gasteiger partial charge is 0.453 e. The summed E-state index contributed by atoms with van der Waals surface area (Å²) in [6, 6.07) is 15.4. The van der Waals surface area contributed by atoms with Crippen molar-refractivity contribution in [3.8, 4) is 23.3 Å². The molecule has 1 N–H and O–H groups in total. The number of nitrogens with one attached hydrogen (secondary N) is 1. The van der Waals surface area contributed by atoms with Crippen LogP contribution in [0.4, 0.5) is 10.1 Å². The zero-order valence-electron chi connectivity index (χ0n) is 19.3. The zero-order valence-corrected chi connectivity index (χ0v) is 20.9. The molecule has 0 fully saturated rings. The number of rotatable bonds is 8. The van der Waals surface area contributed by atoms with E-state index >= 15 is 0 Å². The number of hydrogen-bond acceptors (Lipinski definition) is 6. The van der Waals surface area contributed by atoms with Gasteiger partial charge in [0.05, 0.1) is 32.2 Å². The van der Waals surface area contributed by atoms with E-state index in [4.69, 9.17) is 4.74 Å². The number of pyridine rings is 1. The van der Waals surface area contributed by atoms with Crippen LogP contribution in [0.1, 0.15) is 18.7 Å². The molecule has 2 heterocycles. The Morgan fingerprint density at radius 3 is 2.54 bits per heavy atom. The first-order chi connectivity index (χ1) is 16.9. The van der Waals surface area contributed by atoms with Crippen LogP contribution in [0.2, 0.25) is 0 Å². The van der Waals surface area contributed by atoms with E-state index in [9.17, 15) is 12.8 Å². The molecule has 180 valence electrons. The number of hydrogen-bond donors (Lipinski definition) is 1. The maximum Gasteiger partial charge on any atom is 0.261 e. The van der Waals surface area contributed by atoms with Gasteiger partial charge >= 0.3 is 0 Å². The fourth-order valence-corrected chi connectivity index (χ4v) is 5.33. The lowest BCUT2D eigenvalue weighted by atomic mass is 10.3. The zero-order chi connectivity index (χ0) is 24.8. The Labute approximate surface area is 208 Å². The summed E-state index contributed by atoms with van der Waals surface area (Å²) in [5.74, 6) is 6.08. The molecule has 0 aliphatic heterocycles. The molecule has 0 radical (unpaired) electrons. The molecule has 0 atom stereocenters. The van der Waals surface area contributed by atoms with Gasteiger partial charge in [0.15, 0.2) is 11.6 Å². The number of fused-ring (bicyclic) bond motifs is 1. The maximum absolute atomic E-state index is 14.8. The van der Waals surface area contributed by atoms with Gasteiger partial charge in [0.25, 0.3) is 10.0 Å². The van der Waals surface area contributed by atoms with E-state index in [1.165, 1.54) is 35.6 Å². The second kappa shape index (κ2) is 10.9. The first kappa shape index (κ1) is 24.7. The van der Waals surface area contributed by atoms with E-state index in [-0.39, 0.29) is 16.3 Å². The highest BCUT2D eigenvalue weighted by atomic mass is 32.2. The van der Waals surface area contributed by atoms with Crippen molar-refractivity contribution in [2.45, 2.75) is 18.7 Å². The second-order valence-electron chi connectivity index (χ2n) is 7.56. The first-order valence-electron chi connectivity index (χ1n) is 11.0. The van der Waals surface area contributed by atoms with Gasteiger partial charge < -0.3 is 4.74 Å². The van der Waals surface area contributed by atoms with Gasteiger partial charge in [-0.2, -0.15) is 0 Å². The molecule has 2 aromatic carbocycles. The van der Waals surface area contributed by atoms with Crippen LogP contribution < -0.4 is 9.46 Å². The number of ether oxygens (including phenoxy) is 1. The minimum absolute atomic E-state index is 0.0253. The summed E-state index contributed by atoms with van der Waals surface area (Å²) in [5.41, 5.74) is 0.813. The van der Waals surface area contributed by atoms with E-state index in [0.29, 0.717) is 17.8 Å². The highest BCUT2D eigenvalue weighted by Crippen LogP contribution is 2.36. The molecule has 9 heteroatoms. The van der Waals surface area contributed by atoms with Gasteiger partial charge in [0, 0.05) is 18.3 Å². The number of halogens is 1. The Bertz CT molecular complexity index is 1490. The molecule has 0 unspecified atom stereocenters. The fraction of sp³-hybridized carbons (Fsp3) is 0.192. The number of thiophene rings is 1. The first-order valence-corrected chi connectivity index (χ1v) is 13.3. The van der Waals surface area contributed by atoms with Gasteiger partial charge in [-0.1, -0.05) is 43.9 Å². The molecule has 0 spiro atoms. The van der Waals surface area contributed by atoms with E-state index in [1.54, 1.807) is 30.5 Å². The van der Waals surface area contributed by atoms with Crippen LogP contribution in [-0.4, -0.2) is 37.9 Å². The van der Waals surface area contributed by atoms with E-state index in [2.05, 4.69) is 40.3 Å². The molecular weight excluding hydrogens is 485 g/mol. The predicted molar refractivity (Wildman–Crippen MR) is 138 cm³/mol. The quantitative estimate of drug-likeness (QED) is 0.308. The van der Waals surface area contributed by atoms with Gasteiger partial charge in [-0.25, -0.2) is 12.8 Å². The summed E-state index contributed by atoms with van der Waals surface area (Å²) in [6.07, 6.45) is 1.59. The molecule has 4 aromatic rings. The third-order valence-corrected chi connectivity index (χ3v) is 7.69. The summed E-state index contributed by atoms with van der Waals surface area (Å²) in [7, 11) is -3.82. The molecule has 0 saturated carbocycles. The maximum atomic E-state index is 14.8. The van der Waals surface area contributed by atoms with Crippen LogP contribution in [0.15, 0.2) is 71.8 Å². The SMILES string of the molecule is CCN(CC)CC#Cc1cc2nccc(Oc3ccc(NS(=O)(=O)c4ccccc4)cc3F)c2s1. The molecule has 0 amide bonds. The van der Waals surface area contributed by atoms with Crippen LogP contribution in [0.5, 0.6) is 11.5 Å². The third-order valence-electron chi connectivity index (χ3n) is 5.24. The van der Waals surface area contributed by atoms with E-state index in [0.717, 1.165) is 28.7 Å². The smallest absolute Gasteiger partial charge is 0.261 e. The number of anilines is 1. The number of sulfonamides is 1. The van der Waals surface area contributed by atoms with Crippen LogP contribution in [0.3, 0.4) is 0 Å². The average Bonchev–Trinajstić information content (AvgIpc) is 3.28. The molecule has 35 heavy (non-hydrogen) atoms. The van der Waals surface area contributed by atoms with Crippen molar-refractivity contribution >= 4 is 37.3 Å². The highest BCUT2D eigenvalue weighted by molar-refractivity contribution is 7.92. The number of nitrogens with zero attached hydrogens (tertiary/aromatic N) is 2. The molecule has 0 bridgehead atoms. The molecular formula is C26H24FN3O3S2. The molecule has 0 saturated heterocycles. The Balaban J connectivity index is 1.53. The lowest BCUT2D eigenvalue weighted by Crippen LogP contribution is -2.22. The number of benzene rings is 2. The van der Waals surface area contributed by atoms with Crippen LogP contribution >= 0.6 is 11.3 Å². The summed E-state index contributed by atoms with van der Waals surface area (Å²) in [4.78, 5) is 7.53. The summed E-state index contributed by atoms with van der Waals surface area (Å²) in [6.45, 7) is 6.76. The van der Waals surface area contributed by atoms with Gasteiger partial charge in [-0.15, -0.1) is 11.3 Å². The van der Waals surface area contributed by atoms with Crippen molar-refractivity contribution < 1.29 is 17.5 Å². The van der Waals surface area contributed by atoms with Crippen molar-refractivity contribution in [3.63, 3.8) is 0 Å². The van der Waals surface area contributed by atoms with E-state index in [1.807, 2.05) is 6.07 Å². The molecule has 6 nitrogen and oxygen atoms in total. The fourth-order valence-electron chi connectivity index (χ4n) is 3.32. The Hall–Kier alpha value is -3.45. The van der Waals surface area contributed by atoms with Crippen molar-refractivity contribution in [3.05, 3.63) is 77.6 Å². The van der Waals surface area contributed by atoms with Crippen LogP contribution in [-0.2, 0) is 10.0 Å². The van der Waals surface area contributed by atoms with Gasteiger partial charge in [-0.05, 0) is 43.4 Å². The van der Waals surface area contributed by atoms with Crippen molar-refractivity contribution in [1.82, 2.24) is 9.88 Å². The normalized spacial score (nSPS) is 11.3. The van der Waals surface area contributed by atoms with Crippen LogP contribution in [0, 0.1) is 17.7 Å². The minimum atomic E-state index is -3.82. The van der Waals surface area contributed by atoms with Crippen molar-refractivity contribution in [2.24, 2.45) is 0 Å². The van der Waals surface area contributed by atoms with Gasteiger partial charge in [-0.3, -0.25) is 14.6 Å². The predicted octanol–water partition coefficient (Wildman–Crippen LogP) is 5.72. The van der Waals surface area contributed by atoms with Crippen molar-refractivity contribution in [1.29, 1.82) is 0 Å². The lowest BCUT2D eigenvalue weighted by molar-refractivity contribution is 0.342. The average molecular weight is 510 g/mol. The Morgan fingerprint density at radius 1 is 1.06 bits per heavy atom. The van der Waals surface area contributed by atoms with E-state index < -0.39 is 15.8 Å². The summed E-state index contributed by atoms with van der Waals surface area (Å²) >= 11 is 1.43. The lowest BCUT2D eigenvalue weighted by Gasteiger charge is -2.12. The van der Waals surface area contributed by atoms with Crippen molar-refractivity contribution in [2.75, 3.05) is 24.4 Å². The Morgan fingerprint density at radius 2 is 1.83 bits per heavy atom. The monoisotopic (exact) mass is 509 g/mol. The molecule has 2 aromatic heterocycles. The topological polar surface area (TPSA) is 71.5 Å². The summed E-state index contributed by atoms with van der Waals surface area (Å²) < 4.78 is 48.8. The highest BCUT2D eigenvalue weighted by Gasteiger charge is 2.16. The minimum Gasteiger partial charge on any atom is -0.453 e. The molecule has 0 aliphatic carbocycles. The Kier molecular flexibility index (Phi) is 7.66. The van der Waals surface area contributed by atoms with Gasteiger partial charge in [0.2, 0.25) is 0 Å². The standard InChI is InChI=1S/C26H24FN3O3S2/c1-3-30(4-2)16-8-9-20-18-23-26(34-20)25(14-15-28-23)33-24-13-12-19(17-22(24)27)29-35(31,32)21-10-6-5-7-11-21/h5-7,10-15,17-18,29H,3-4,16H2,1-2H3. The summed E-state index contributed by atoms with van der Waals surface area (Å²) in [5, 5.41) is 0. The van der Waals surface area contributed by atoms with Crippen LogP contribution in [0.25, 0.3) is 10.2 Å². The molecule has 0 aliphatic rings. The third kappa shape index (κ3) is 5.98. The van der Waals surface area contributed by atoms with Gasteiger partial charge in [0.1, 0.15) is 5.75 Å². The number of aromatic nitrogens is 1. The second-order valence-corrected chi connectivity index (χ2v) is 10.3.